The average Bonchev–Trinajstić information content (AvgIpc) is 2.61. The summed E-state index contributed by atoms with van der Waals surface area (Å²) >= 11 is 0. The summed E-state index contributed by atoms with van der Waals surface area (Å²) in [5.41, 5.74) is 1.12. The van der Waals surface area contributed by atoms with E-state index in [1.54, 1.807) is 24.3 Å². The van der Waals surface area contributed by atoms with Gasteiger partial charge in [0.25, 0.3) is 0 Å². The van der Waals surface area contributed by atoms with E-state index < -0.39 is 0 Å². The van der Waals surface area contributed by atoms with E-state index in [2.05, 4.69) is 15.2 Å². The second-order valence-corrected chi connectivity index (χ2v) is 5.90. The Morgan fingerprint density at radius 3 is 2.71 bits per heavy atom. The van der Waals surface area contributed by atoms with Crippen LogP contribution in [0.3, 0.4) is 0 Å². The molecule has 2 amide bonds. The molecule has 1 aliphatic heterocycles. The smallest absolute Gasteiger partial charge is 0.231 e. The zero-order chi connectivity index (χ0) is 17.2. The summed E-state index contributed by atoms with van der Waals surface area (Å²) in [5, 5.41) is 2.81. The van der Waals surface area contributed by atoms with Crippen molar-refractivity contribution in [1.29, 1.82) is 0 Å². The van der Waals surface area contributed by atoms with Crippen molar-refractivity contribution in [2.45, 2.75) is 12.8 Å². The third-order valence-corrected chi connectivity index (χ3v) is 4.08. The van der Waals surface area contributed by atoms with Gasteiger partial charge in [-0.1, -0.05) is 0 Å². The van der Waals surface area contributed by atoms with E-state index in [9.17, 15) is 9.59 Å². The van der Waals surface area contributed by atoms with Crippen molar-refractivity contribution in [2.24, 2.45) is 0 Å². The van der Waals surface area contributed by atoms with Crippen LogP contribution in [-0.4, -0.2) is 79.6 Å². The number of carbonyl (C=O) groups is 2. The average molecular weight is 334 g/mol. The number of hydrogen-bond acceptors (Lipinski definition) is 5. The standard InChI is InChI=1S/C17H26N4O3/c1-20(8-4-15-2-5-18-6-3-15)17(23)14-16(22)19-7-9-21-10-12-24-13-11-21/h2-3,5-6H,4,7-14H2,1H3,(H,19,22). The second-order valence-electron chi connectivity index (χ2n) is 5.90. The Kier molecular flexibility index (Phi) is 7.64. The van der Waals surface area contributed by atoms with Gasteiger partial charge in [0.2, 0.25) is 11.8 Å². The number of morpholine rings is 1. The zero-order valence-corrected chi connectivity index (χ0v) is 14.2. The minimum Gasteiger partial charge on any atom is -0.379 e. The van der Waals surface area contributed by atoms with Gasteiger partial charge in [-0.2, -0.15) is 0 Å². The molecular weight excluding hydrogens is 308 g/mol. The number of aromatic nitrogens is 1. The van der Waals surface area contributed by atoms with Gasteiger partial charge in [0.15, 0.2) is 0 Å². The molecule has 0 unspecified atom stereocenters. The number of nitrogens with one attached hydrogen (secondary N) is 1. The largest absolute Gasteiger partial charge is 0.379 e. The first-order chi connectivity index (χ1) is 11.6. The normalized spacial score (nSPS) is 15.0. The first-order valence-corrected chi connectivity index (χ1v) is 8.35. The Balaban J connectivity index is 1.60. The molecule has 24 heavy (non-hydrogen) atoms. The number of pyridine rings is 1. The molecule has 1 aromatic heterocycles. The third kappa shape index (κ3) is 6.64. The number of hydrogen-bond donors (Lipinski definition) is 1. The van der Waals surface area contributed by atoms with Crippen LogP contribution in [0.4, 0.5) is 0 Å². The molecule has 1 aromatic rings. The van der Waals surface area contributed by atoms with Crippen LogP contribution >= 0.6 is 0 Å². The Hall–Kier alpha value is -1.99. The molecule has 1 saturated heterocycles. The van der Waals surface area contributed by atoms with Crippen LogP contribution in [0.25, 0.3) is 0 Å². The number of ether oxygens (including phenoxy) is 1. The fraction of sp³-hybridized carbons (Fsp3) is 0.588. The van der Waals surface area contributed by atoms with Crippen molar-refractivity contribution in [1.82, 2.24) is 20.1 Å². The van der Waals surface area contributed by atoms with Crippen LogP contribution in [-0.2, 0) is 20.7 Å². The SMILES string of the molecule is CN(CCc1ccncc1)C(=O)CC(=O)NCCN1CCOCC1. The highest BCUT2D eigenvalue weighted by Crippen LogP contribution is 2.00. The van der Waals surface area contributed by atoms with Crippen molar-refractivity contribution in [2.75, 3.05) is 53.0 Å². The highest BCUT2D eigenvalue weighted by atomic mass is 16.5. The van der Waals surface area contributed by atoms with E-state index in [0.717, 1.165) is 44.8 Å². The minimum absolute atomic E-state index is 0.101. The van der Waals surface area contributed by atoms with Crippen LogP contribution in [0.1, 0.15) is 12.0 Å². The van der Waals surface area contributed by atoms with Gasteiger partial charge in [-0.15, -0.1) is 0 Å². The van der Waals surface area contributed by atoms with Crippen molar-refractivity contribution < 1.29 is 14.3 Å². The van der Waals surface area contributed by atoms with Crippen molar-refractivity contribution in [3.05, 3.63) is 30.1 Å². The molecule has 1 N–H and O–H groups in total. The molecule has 7 nitrogen and oxygen atoms in total. The van der Waals surface area contributed by atoms with Gasteiger partial charge in [0.05, 0.1) is 13.2 Å². The quantitative estimate of drug-likeness (QED) is 0.673. The Morgan fingerprint density at radius 2 is 2.00 bits per heavy atom. The van der Waals surface area contributed by atoms with Gasteiger partial charge in [-0.25, -0.2) is 0 Å². The number of nitrogens with zero attached hydrogens (tertiary/aromatic N) is 3. The zero-order valence-electron chi connectivity index (χ0n) is 14.2. The van der Waals surface area contributed by atoms with Gasteiger partial charge in [-0.3, -0.25) is 19.5 Å². The fourth-order valence-corrected chi connectivity index (χ4v) is 2.48. The topological polar surface area (TPSA) is 74.8 Å². The van der Waals surface area contributed by atoms with Crippen LogP contribution in [0.5, 0.6) is 0 Å². The number of rotatable bonds is 8. The summed E-state index contributed by atoms with van der Waals surface area (Å²) in [5.74, 6) is -0.378. The van der Waals surface area contributed by atoms with Gasteiger partial charge < -0.3 is 15.0 Å². The molecule has 2 rings (SSSR count). The monoisotopic (exact) mass is 334 g/mol. The van der Waals surface area contributed by atoms with Crippen molar-refractivity contribution in [3.63, 3.8) is 0 Å². The van der Waals surface area contributed by atoms with Gasteiger partial charge in [-0.05, 0) is 24.1 Å². The van der Waals surface area contributed by atoms with E-state index >= 15 is 0 Å². The van der Waals surface area contributed by atoms with E-state index in [0.29, 0.717) is 13.1 Å². The third-order valence-electron chi connectivity index (χ3n) is 4.08. The highest BCUT2D eigenvalue weighted by molar-refractivity contribution is 5.96. The Labute approximate surface area is 143 Å². The predicted molar refractivity (Wildman–Crippen MR) is 90.5 cm³/mol. The summed E-state index contributed by atoms with van der Waals surface area (Å²) in [7, 11) is 1.73. The van der Waals surface area contributed by atoms with Crippen molar-refractivity contribution >= 4 is 11.8 Å². The van der Waals surface area contributed by atoms with Crippen LogP contribution in [0, 0.1) is 0 Å². The Morgan fingerprint density at radius 1 is 1.29 bits per heavy atom. The van der Waals surface area contributed by atoms with Crippen LogP contribution < -0.4 is 5.32 Å². The molecule has 1 fully saturated rings. The molecule has 0 aromatic carbocycles. The lowest BCUT2D eigenvalue weighted by atomic mass is 10.2. The molecule has 1 aliphatic rings. The summed E-state index contributed by atoms with van der Waals surface area (Å²) in [6, 6.07) is 3.85. The number of likely N-dealkylation sites (N-methyl/N-ethyl adjacent to an activating group) is 1. The van der Waals surface area contributed by atoms with Crippen LogP contribution in [0.15, 0.2) is 24.5 Å². The molecule has 0 bridgehead atoms. The molecule has 0 saturated carbocycles. The molecule has 2 heterocycles. The maximum absolute atomic E-state index is 12.1. The number of carbonyl (C=O) groups excluding carboxylic acids is 2. The first-order valence-electron chi connectivity index (χ1n) is 8.35. The van der Waals surface area contributed by atoms with Crippen LogP contribution in [0.2, 0.25) is 0 Å². The van der Waals surface area contributed by atoms with E-state index in [1.165, 1.54) is 0 Å². The van der Waals surface area contributed by atoms with E-state index in [1.807, 2.05) is 12.1 Å². The Bertz CT molecular complexity index is 518. The molecule has 0 spiro atoms. The summed E-state index contributed by atoms with van der Waals surface area (Å²) in [4.78, 5) is 31.7. The van der Waals surface area contributed by atoms with Gasteiger partial charge >= 0.3 is 0 Å². The molecule has 0 aliphatic carbocycles. The summed E-state index contributed by atoms with van der Waals surface area (Å²) < 4.78 is 5.28. The maximum atomic E-state index is 12.1. The van der Waals surface area contributed by atoms with Crippen molar-refractivity contribution in [3.8, 4) is 0 Å². The van der Waals surface area contributed by atoms with Gasteiger partial charge in [0, 0.05) is 52.2 Å². The second kappa shape index (κ2) is 10.00. The molecule has 0 radical (unpaired) electrons. The lowest BCUT2D eigenvalue weighted by Crippen LogP contribution is -2.42. The predicted octanol–water partition coefficient (Wildman–Crippen LogP) is -0.0790. The molecule has 0 atom stereocenters. The molecule has 7 heteroatoms. The van der Waals surface area contributed by atoms with E-state index in [4.69, 9.17) is 4.74 Å². The fourth-order valence-electron chi connectivity index (χ4n) is 2.48. The minimum atomic E-state index is -0.218. The maximum Gasteiger partial charge on any atom is 0.231 e. The molecular formula is C17H26N4O3. The molecule has 132 valence electrons. The van der Waals surface area contributed by atoms with Gasteiger partial charge in [0.1, 0.15) is 6.42 Å². The summed E-state index contributed by atoms with van der Waals surface area (Å²) in [6.07, 6.45) is 4.12. The lowest BCUT2D eigenvalue weighted by Gasteiger charge is -2.26. The summed E-state index contributed by atoms with van der Waals surface area (Å²) in [6.45, 7) is 5.22. The highest BCUT2D eigenvalue weighted by Gasteiger charge is 2.14. The number of amides is 2. The van der Waals surface area contributed by atoms with E-state index in [-0.39, 0.29) is 18.2 Å². The first kappa shape index (κ1) is 18.4. The lowest BCUT2D eigenvalue weighted by molar-refractivity contribution is -0.135.